The van der Waals surface area contributed by atoms with E-state index in [1.807, 2.05) is 0 Å². The fraction of sp³-hybridized carbons (Fsp3) is 0.842. The third kappa shape index (κ3) is 4.59. The van der Waals surface area contributed by atoms with Crippen LogP contribution in [0.5, 0.6) is 0 Å². The first-order valence-corrected chi connectivity index (χ1v) is 9.02. The van der Waals surface area contributed by atoms with Gasteiger partial charge >= 0.3 is 5.97 Å². The molecule has 0 saturated heterocycles. The third-order valence-corrected chi connectivity index (χ3v) is 5.59. The molecule has 0 aliphatic heterocycles. The Hall–Kier alpha value is -0.790. The standard InChI is InChI=1S/C19H32O2/c1-3-4-5-8-15-13-14-16-9-6-10-17(16)18(15)11-7-12-19(20)21-2/h13,16-18H,3-12,14H2,1-2H3. The Kier molecular flexibility index (Phi) is 6.79. The summed E-state index contributed by atoms with van der Waals surface area (Å²) in [6.07, 6.45) is 16.2. The molecule has 0 heterocycles. The molecular formula is C19H32O2. The number of unbranched alkanes of at least 4 members (excludes halogenated alkanes) is 2. The van der Waals surface area contributed by atoms with E-state index in [-0.39, 0.29) is 5.97 Å². The van der Waals surface area contributed by atoms with Gasteiger partial charge in [-0.2, -0.15) is 0 Å². The van der Waals surface area contributed by atoms with Gasteiger partial charge in [0.1, 0.15) is 0 Å². The lowest BCUT2D eigenvalue weighted by molar-refractivity contribution is -0.140. The van der Waals surface area contributed by atoms with Crippen LogP contribution < -0.4 is 0 Å². The third-order valence-electron chi connectivity index (χ3n) is 5.59. The molecule has 2 aliphatic rings. The molecule has 3 unspecified atom stereocenters. The Morgan fingerprint density at radius 1 is 1.29 bits per heavy atom. The smallest absolute Gasteiger partial charge is 0.305 e. The highest BCUT2D eigenvalue weighted by Gasteiger charge is 2.37. The summed E-state index contributed by atoms with van der Waals surface area (Å²) in [7, 11) is 1.49. The summed E-state index contributed by atoms with van der Waals surface area (Å²) >= 11 is 0. The minimum Gasteiger partial charge on any atom is -0.469 e. The minimum absolute atomic E-state index is 0.0507. The van der Waals surface area contributed by atoms with Crippen molar-refractivity contribution in [2.24, 2.45) is 17.8 Å². The van der Waals surface area contributed by atoms with Gasteiger partial charge in [-0.05, 0) is 62.7 Å². The van der Waals surface area contributed by atoms with E-state index in [9.17, 15) is 4.79 Å². The maximum atomic E-state index is 11.3. The first kappa shape index (κ1) is 16.6. The summed E-state index contributed by atoms with van der Waals surface area (Å²) in [5.41, 5.74) is 1.72. The molecule has 0 bridgehead atoms. The number of rotatable bonds is 8. The van der Waals surface area contributed by atoms with Crippen molar-refractivity contribution in [2.45, 2.75) is 77.6 Å². The predicted octanol–water partition coefficient (Wildman–Crippen LogP) is 5.27. The molecule has 2 nitrogen and oxygen atoms in total. The number of carbonyl (C=O) groups is 1. The molecule has 0 aromatic carbocycles. The SMILES string of the molecule is CCCCCC1=CCC2CCCC2C1CCCC(=O)OC. The van der Waals surface area contributed by atoms with Gasteiger partial charge in [0.05, 0.1) is 7.11 Å². The van der Waals surface area contributed by atoms with Crippen molar-refractivity contribution < 1.29 is 9.53 Å². The zero-order chi connectivity index (χ0) is 15.1. The van der Waals surface area contributed by atoms with Crippen LogP contribution in [0.15, 0.2) is 11.6 Å². The molecule has 2 aliphatic carbocycles. The van der Waals surface area contributed by atoms with Crippen molar-refractivity contribution in [2.75, 3.05) is 7.11 Å². The first-order chi connectivity index (χ1) is 10.3. The van der Waals surface area contributed by atoms with E-state index in [2.05, 4.69) is 13.0 Å². The van der Waals surface area contributed by atoms with Crippen molar-refractivity contribution in [1.29, 1.82) is 0 Å². The topological polar surface area (TPSA) is 26.3 Å². The van der Waals surface area contributed by atoms with E-state index in [1.54, 1.807) is 5.57 Å². The van der Waals surface area contributed by atoms with Gasteiger partial charge in [-0.25, -0.2) is 0 Å². The average Bonchev–Trinajstić information content (AvgIpc) is 2.97. The summed E-state index contributed by atoms with van der Waals surface area (Å²) in [5.74, 6) is 2.55. The van der Waals surface area contributed by atoms with Crippen LogP contribution in [-0.4, -0.2) is 13.1 Å². The molecule has 0 N–H and O–H groups in total. The van der Waals surface area contributed by atoms with Gasteiger partial charge in [-0.1, -0.05) is 37.8 Å². The Labute approximate surface area is 130 Å². The van der Waals surface area contributed by atoms with Gasteiger partial charge in [-0.3, -0.25) is 4.79 Å². The van der Waals surface area contributed by atoms with Gasteiger partial charge in [0, 0.05) is 6.42 Å². The van der Waals surface area contributed by atoms with Crippen LogP contribution in [0.1, 0.15) is 77.6 Å². The molecule has 0 spiro atoms. The van der Waals surface area contributed by atoms with Crippen LogP contribution in [0.4, 0.5) is 0 Å². The van der Waals surface area contributed by atoms with Gasteiger partial charge in [0.2, 0.25) is 0 Å². The van der Waals surface area contributed by atoms with E-state index in [1.165, 1.54) is 64.9 Å². The van der Waals surface area contributed by atoms with E-state index in [0.717, 1.165) is 24.2 Å². The molecule has 1 saturated carbocycles. The first-order valence-electron chi connectivity index (χ1n) is 9.02. The van der Waals surface area contributed by atoms with Crippen molar-refractivity contribution in [3.05, 3.63) is 11.6 Å². The number of hydrogen-bond acceptors (Lipinski definition) is 2. The Bertz CT molecular complexity index is 359. The van der Waals surface area contributed by atoms with Crippen LogP contribution in [-0.2, 0) is 9.53 Å². The molecule has 21 heavy (non-hydrogen) atoms. The number of hydrogen-bond donors (Lipinski definition) is 0. The highest BCUT2D eigenvalue weighted by atomic mass is 16.5. The molecule has 0 aromatic rings. The molecule has 3 atom stereocenters. The molecule has 120 valence electrons. The number of carbonyl (C=O) groups excluding carboxylic acids is 1. The van der Waals surface area contributed by atoms with Crippen molar-refractivity contribution in [1.82, 2.24) is 0 Å². The van der Waals surface area contributed by atoms with E-state index in [0.29, 0.717) is 6.42 Å². The summed E-state index contributed by atoms with van der Waals surface area (Å²) in [6.45, 7) is 2.27. The zero-order valence-electron chi connectivity index (χ0n) is 13.9. The zero-order valence-corrected chi connectivity index (χ0v) is 13.9. The number of ether oxygens (including phenoxy) is 1. The molecule has 0 radical (unpaired) electrons. The van der Waals surface area contributed by atoms with Crippen molar-refractivity contribution >= 4 is 5.97 Å². The highest BCUT2D eigenvalue weighted by Crippen LogP contribution is 2.48. The van der Waals surface area contributed by atoms with Gasteiger partial charge in [0.25, 0.3) is 0 Å². The lowest BCUT2D eigenvalue weighted by Gasteiger charge is -2.35. The Morgan fingerprint density at radius 2 is 2.14 bits per heavy atom. The lowest BCUT2D eigenvalue weighted by atomic mass is 9.70. The van der Waals surface area contributed by atoms with Crippen LogP contribution in [0.3, 0.4) is 0 Å². The fourth-order valence-corrected chi connectivity index (χ4v) is 4.45. The average molecular weight is 292 g/mol. The molecule has 1 fully saturated rings. The molecule has 0 aromatic heterocycles. The fourth-order valence-electron chi connectivity index (χ4n) is 4.45. The minimum atomic E-state index is -0.0507. The summed E-state index contributed by atoms with van der Waals surface area (Å²) in [5, 5.41) is 0. The second-order valence-electron chi connectivity index (χ2n) is 6.90. The van der Waals surface area contributed by atoms with Crippen LogP contribution in [0.2, 0.25) is 0 Å². The summed E-state index contributed by atoms with van der Waals surface area (Å²) < 4.78 is 4.78. The number of fused-ring (bicyclic) bond motifs is 1. The van der Waals surface area contributed by atoms with Gasteiger partial charge in [-0.15, -0.1) is 0 Å². The van der Waals surface area contributed by atoms with Crippen molar-refractivity contribution in [3.63, 3.8) is 0 Å². The van der Waals surface area contributed by atoms with Crippen LogP contribution >= 0.6 is 0 Å². The Balaban J connectivity index is 1.91. The monoisotopic (exact) mass is 292 g/mol. The second kappa shape index (κ2) is 8.60. The second-order valence-corrected chi connectivity index (χ2v) is 6.90. The van der Waals surface area contributed by atoms with Gasteiger partial charge < -0.3 is 4.74 Å². The lowest BCUT2D eigenvalue weighted by Crippen LogP contribution is -2.25. The number of allylic oxidation sites excluding steroid dienone is 2. The van der Waals surface area contributed by atoms with Crippen molar-refractivity contribution in [3.8, 4) is 0 Å². The summed E-state index contributed by atoms with van der Waals surface area (Å²) in [6, 6.07) is 0. The van der Waals surface area contributed by atoms with Gasteiger partial charge in [0.15, 0.2) is 0 Å². The number of esters is 1. The predicted molar refractivity (Wildman–Crippen MR) is 87.0 cm³/mol. The van der Waals surface area contributed by atoms with E-state index < -0.39 is 0 Å². The Morgan fingerprint density at radius 3 is 2.90 bits per heavy atom. The summed E-state index contributed by atoms with van der Waals surface area (Å²) in [4.78, 5) is 11.3. The maximum absolute atomic E-state index is 11.3. The quantitative estimate of drug-likeness (QED) is 0.346. The highest BCUT2D eigenvalue weighted by molar-refractivity contribution is 5.68. The molecule has 0 amide bonds. The maximum Gasteiger partial charge on any atom is 0.305 e. The molecule has 2 rings (SSSR count). The van der Waals surface area contributed by atoms with Crippen LogP contribution in [0, 0.1) is 17.8 Å². The van der Waals surface area contributed by atoms with E-state index >= 15 is 0 Å². The van der Waals surface area contributed by atoms with Crippen LogP contribution in [0.25, 0.3) is 0 Å². The number of methoxy groups -OCH3 is 1. The molecule has 2 heteroatoms. The molecular weight excluding hydrogens is 260 g/mol. The normalized spacial score (nSPS) is 28.1. The van der Waals surface area contributed by atoms with E-state index in [4.69, 9.17) is 4.74 Å². The largest absolute Gasteiger partial charge is 0.469 e.